The minimum Gasteiger partial charge on any atom is -0.481 e. The van der Waals surface area contributed by atoms with E-state index in [1.807, 2.05) is 36.9 Å². The zero-order valence-corrected chi connectivity index (χ0v) is 15.4. The molecule has 0 aliphatic carbocycles. The van der Waals surface area contributed by atoms with Gasteiger partial charge in [0.2, 0.25) is 5.88 Å². The molecule has 4 aromatic heterocycles. The van der Waals surface area contributed by atoms with Gasteiger partial charge in [-0.05, 0) is 42.2 Å². The number of methoxy groups -OCH3 is 1. The van der Waals surface area contributed by atoms with Crippen LogP contribution in [-0.4, -0.2) is 32.0 Å². The van der Waals surface area contributed by atoms with Gasteiger partial charge in [-0.1, -0.05) is 6.07 Å². The maximum absolute atomic E-state index is 5.30. The van der Waals surface area contributed by atoms with Crippen molar-refractivity contribution in [2.24, 2.45) is 0 Å². The van der Waals surface area contributed by atoms with Crippen LogP contribution in [0.3, 0.4) is 0 Å². The fraction of sp³-hybridized carbons (Fsp3) is 0.238. The van der Waals surface area contributed by atoms with Crippen LogP contribution < -0.4 is 4.74 Å². The minimum atomic E-state index is 0.664. The quantitative estimate of drug-likeness (QED) is 0.571. The maximum atomic E-state index is 5.30. The van der Waals surface area contributed by atoms with E-state index >= 15 is 0 Å². The number of pyridine rings is 2. The summed E-state index contributed by atoms with van der Waals surface area (Å²) in [5.74, 6) is 1.48. The van der Waals surface area contributed by atoms with Crippen LogP contribution in [-0.2, 0) is 19.3 Å². The smallest absolute Gasteiger partial charge is 0.216 e. The van der Waals surface area contributed by atoms with Crippen LogP contribution in [0.4, 0.5) is 0 Å². The second-order valence-corrected chi connectivity index (χ2v) is 6.58. The Hall–Kier alpha value is -3.28. The highest BCUT2D eigenvalue weighted by molar-refractivity contribution is 5.80. The van der Waals surface area contributed by atoms with Gasteiger partial charge in [0.1, 0.15) is 11.5 Å². The predicted molar refractivity (Wildman–Crippen MR) is 104 cm³/mol. The van der Waals surface area contributed by atoms with Crippen molar-refractivity contribution < 1.29 is 4.74 Å². The molecule has 0 aromatic carbocycles. The van der Waals surface area contributed by atoms with Gasteiger partial charge in [0.15, 0.2) is 0 Å². The summed E-state index contributed by atoms with van der Waals surface area (Å²) in [5, 5.41) is 1.16. The Morgan fingerprint density at radius 2 is 1.85 bits per heavy atom. The molecule has 0 spiro atoms. The number of fused-ring (bicyclic) bond motifs is 1. The lowest BCUT2D eigenvalue weighted by atomic mass is 10.1. The third kappa shape index (κ3) is 3.79. The van der Waals surface area contributed by atoms with Gasteiger partial charge in [0.05, 0.1) is 7.11 Å². The van der Waals surface area contributed by atoms with Crippen LogP contribution >= 0.6 is 0 Å². The number of hydrogen-bond donors (Lipinski definition) is 1. The van der Waals surface area contributed by atoms with Gasteiger partial charge in [-0.25, -0.2) is 19.9 Å². The Bertz CT molecular complexity index is 1060. The fourth-order valence-electron chi connectivity index (χ4n) is 3.17. The molecule has 27 heavy (non-hydrogen) atoms. The van der Waals surface area contributed by atoms with Gasteiger partial charge >= 0.3 is 0 Å². The molecule has 4 aromatic rings. The second-order valence-electron chi connectivity index (χ2n) is 6.58. The lowest BCUT2D eigenvalue weighted by molar-refractivity contribution is 0.392. The number of hydrogen-bond acceptors (Lipinski definition) is 5. The summed E-state index contributed by atoms with van der Waals surface area (Å²) >= 11 is 0. The third-order valence-electron chi connectivity index (χ3n) is 4.57. The fourth-order valence-corrected chi connectivity index (χ4v) is 3.17. The standard InChI is InChI=1S/C21H21N5O/c1-14-8-18-17(13-26-20(18)25-10-14)9-15-11-23-19(24-12-15)6-5-16-4-3-7-22-21(16)27-2/h3-4,7-8,10-13H,5-6,9H2,1-2H3,(H,25,26). The van der Waals surface area contributed by atoms with Crippen LogP contribution in [0.2, 0.25) is 0 Å². The molecule has 0 saturated heterocycles. The number of rotatable bonds is 6. The Kier molecular flexibility index (Phi) is 4.78. The second kappa shape index (κ2) is 7.53. The van der Waals surface area contributed by atoms with Crippen molar-refractivity contribution in [3.63, 3.8) is 0 Å². The summed E-state index contributed by atoms with van der Waals surface area (Å²) in [6, 6.07) is 6.09. The molecule has 4 heterocycles. The van der Waals surface area contributed by atoms with Crippen molar-refractivity contribution in [3.05, 3.63) is 77.3 Å². The molecule has 0 bridgehead atoms. The zero-order chi connectivity index (χ0) is 18.6. The van der Waals surface area contributed by atoms with E-state index in [-0.39, 0.29) is 0 Å². The third-order valence-corrected chi connectivity index (χ3v) is 4.57. The first kappa shape index (κ1) is 17.1. The van der Waals surface area contributed by atoms with Crippen LogP contribution in [0, 0.1) is 6.92 Å². The minimum absolute atomic E-state index is 0.664. The van der Waals surface area contributed by atoms with Gasteiger partial charge in [0, 0.05) is 54.8 Å². The van der Waals surface area contributed by atoms with E-state index in [0.29, 0.717) is 5.88 Å². The molecule has 0 saturated carbocycles. The Labute approximate surface area is 157 Å². The highest BCUT2D eigenvalue weighted by Gasteiger charge is 2.08. The molecule has 0 aliphatic heterocycles. The summed E-state index contributed by atoms with van der Waals surface area (Å²) in [5.41, 5.74) is 5.42. The lowest BCUT2D eigenvalue weighted by Gasteiger charge is -2.06. The molecule has 6 heteroatoms. The molecule has 136 valence electrons. The molecule has 1 N–H and O–H groups in total. The Morgan fingerprint density at radius 3 is 2.67 bits per heavy atom. The average Bonchev–Trinajstić information content (AvgIpc) is 3.09. The first-order valence-corrected chi connectivity index (χ1v) is 8.93. The summed E-state index contributed by atoms with van der Waals surface area (Å²) in [7, 11) is 1.64. The SMILES string of the molecule is COc1ncccc1CCc1ncc(Cc2c[nH]c3ncc(C)cc23)cn1. The number of H-pyrrole nitrogens is 1. The molecule has 4 rings (SSSR count). The van der Waals surface area contributed by atoms with Gasteiger partial charge in [-0.3, -0.25) is 0 Å². The molecule has 0 amide bonds. The van der Waals surface area contributed by atoms with Crippen molar-refractivity contribution in [2.75, 3.05) is 7.11 Å². The number of aromatic amines is 1. The zero-order valence-electron chi connectivity index (χ0n) is 15.4. The number of ether oxygens (including phenoxy) is 1. The summed E-state index contributed by atoms with van der Waals surface area (Å²) in [6.45, 7) is 2.05. The Balaban J connectivity index is 1.45. The van der Waals surface area contributed by atoms with Gasteiger partial charge in [0.25, 0.3) is 0 Å². The molecule has 0 aliphatic rings. The summed E-state index contributed by atoms with van der Waals surface area (Å²) in [6.07, 6.45) is 11.8. The molecule has 0 fully saturated rings. The average molecular weight is 359 g/mol. The highest BCUT2D eigenvalue weighted by Crippen LogP contribution is 2.20. The normalized spacial score (nSPS) is 11.0. The molecule has 0 unspecified atom stereocenters. The van der Waals surface area contributed by atoms with E-state index in [0.717, 1.165) is 52.8 Å². The molecular formula is C21H21N5O. The lowest BCUT2D eigenvalue weighted by Crippen LogP contribution is -2.01. The van der Waals surface area contributed by atoms with Crippen molar-refractivity contribution in [1.29, 1.82) is 0 Å². The maximum Gasteiger partial charge on any atom is 0.216 e. The summed E-state index contributed by atoms with van der Waals surface area (Å²) in [4.78, 5) is 20.9. The highest BCUT2D eigenvalue weighted by atomic mass is 16.5. The van der Waals surface area contributed by atoms with Crippen LogP contribution in [0.25, 0.3) is 11.0 Å². The number of aryl methyl sites for hydroxylation is 3. The van der Waals surface area contributed by atoms with E-state index < -0.39 is 0 Å². The molecule has 0 atom stereocenters. The molecular weight excluding hydrogens is 338 g/mol. The number of aromatic nitrogens is 5. The van der Waals surface area contributed by atoms with Gasteiger partial charge in [-0.2, -0.15) is 0 Å². The number of nitrogens with zero attached hydrogens (tertiary/aromatic N) is 4. The van der Waals surface area contributed by atoms with Gasteiger partial charge < -0.3 is 9.72 Å². The van der Waals surface area contributed by atoms with E-state index in [4.69, 9.17) is 4.74 Å². The number of nitrogens with one attached hydrogen (secondary N) is 1. The van der Waals surface area contributed by atoms with Crippen LogP contribution in [0.15, 0.2) is 49.2 Å². The van der Waals surface area contributed by atoms with Crippen molar-refractivity contribution >= 4 is 11.0 Å². The van der Waals surface area contributed by atoms with Crippen LogP contribution in [0.1, 0.15) is 28.1 Å². The van der Waals surface area contributed by atoms with Crippen molar-refractivity contribution in [3.8, 4) is 5.88 Å². The van der Waals surface area contributed by atoms with Crippen molar-refractivity contribution in [2.45, 2.75) is 26.2 Å². The Morgan fingerprint density at radius 1 is 1.00 bits per heavy atom. The molecule has 0 radical (unpaired) electrons. The van der Waals surface area contributed by atoms with Crippen LogP contribution in [0.5, 0.6) is 5.88 Å². The van der Waals surface area contributed by atoms with Gasteiger partial charge in [-0.15, -0.1) is 0 Å². The largest absolute Gasteiger partial charge is 0.481 e. The summed E-state index contributed by atoms with van der Waals surface area (Å²) < 4.78 is 5.30. The predicted octanol–water partition coefficient (Wildman–Crippen LogP) is 3.44. The van der Waals surface area contributed by atoms with E-state index in [2.05, 4.69) is 37.9 Å². The first-order valence-electron chi connectivity index (χ1n) is 8.93. The van der Waals surface area contributed by atoms with Crippen molar-refractivity contribution in [1.82, 2.24) is 24.9 Å². The monoisotopic (exact) mass is 359 g/mol. The van der Waals surface area contributed by atoms with E-state index in [9.17, 15) is 0 Å². The first-order chi connectivity index (χ1) is 13.2. The van der Waals surface area contributed by atoms with E-state index in [1.165, 1.54) is 5.56 Å². The topological polar surface area (TPSA) is 76.6 Å². The van der Waals surface area contributed by atoms with E-state index in [1.54, 1.807) is 13.3 Å². The molecule has 6 nitrogen and oxygen atoms in total.